The molecular formula is C30H29N5O. The Hall–Kier alpha value is -4.00. The molecular weight excluding hydrogens is 446 g/mol. The first-order chi connectivity index (χ1) is 17.7. The molecule has 4 aromatic carbocycles. The molecule has 2 heterocycles. The Morgan fingerprint density at radius 2 is 1.50 bits per heavy atom. The summed E-state index contributed by atoms with van der Waals surface area (Å²) in [5.74, 6) is 1.53. The predicted octanol–water partition coefficient (Wildman–Crippen LogP) is 5.60. The number of aromatic nitrogens is 2. The molecule has 1 aliphatic rings. The van der Waals surface area contributed by atoms with Gasteiger partial charge in [0.25, 0.3) is 0 Å². The lowest BCUT2D eigenvalue weighted by Crippen LogP contribution is -2.47. The Morgan fingerprint density at radius 1 is 0.778 bits per heavy atom. The first kappa shape index (κ1) is 22.5. The van der Waals surface area contributed by atoms with E-state index < -0.39 is 0 Å². The molecule has 6 rings (SSSR count). The minimum atomic E-state index is 0.566. The number of fused-ring (bicyclic) bond motifs is 2. The minimum absolute atomic E-state index is 0.566. The van der Waals surface area contributed by atoms with Gasteiger partial charge in [-0.2, -0.15) is 0 Å². The third-order valence-electron chi connectivity index (χ3n) is 6.73. The number of piperazine rings is 1. The summed E-state index contributed by atoms with van der Waals surface area (Å²) in [7, 11) is 2.15. The summed E-state index contributed by atoms with van der Waals surface area (Å²) in [5.41, 5.74) is 7.77. The van der Waals surface area contributed by atoms with Crippen molar-refractivity contribution in [3.63, 3.8) is 0 Å². The fourth-order valence-corrected chi connectivity index (χ4v) is 4.56. The average molecular weight is 476 g/mol. The van der Waals surface area contributed by atoms with E-state index in [2.05, 4.69) is 88.0 Å². The van der Waals surface area contributed by atoms with Crippen LogP contribution in [0, 0.1) is 0 Å². The highest BCUT2D eigenvalue weighted by Gasteiger charge is 2.14. The van der Waals surface area contributed by atoms with Crippen molar-refractivity contribution in [2.45, 2.75) is 6.61 Å². The summed E-state index contributed by atoms with van der Waals surface area (Å²) in [6.45, 7) is 4.56. The zero-order valence-electron chi connectivity index (χ0n) is 20.4. The summed E-state index contributed by atoms with van der Waals surface area (Å²) in [6.07, 6.45) is 1.90. The second-order valence-corrected chi connectivity index (χ2v) is 9.37. The summed E-state index contributed by atoms with van der Waals surface area (Å²) in [4.78, 5) is 11.6. The molecule has 0 aliphatic carbocycles. The topological polar surface area (TPSA) is 53.5 Å². The number of ether oxygens (including phenoxy) is 1. The van der Waals surface area contributed by atoms with Crippen LogP contribution in [0.15, 0.2) is 91.1 Å². The van der Waals surface area contributed by atoms with Crippen LogP contribution in [0.4, 0.5) is 5.95 Å². The van der Waals surface area contributed by atoms with Crippen molar-refractivity contribution in [3.05, 3.63) is 96.7 Å². The van der Waals surface area contributed by atoms with E-state index in [0.29, 0.717) is 12.6 Å². The number of anilines is 1. The van der Waals surface area contributed by atoms with Crippen molar-refractivity contribution < 1.29 is 4.74 Å². The van der Waals surface area contributed by atoms with Gasteiger partial charge < -0.3 is 9.64 Å². The van der Waals surface area contributed by atoms with Gasteiger partial charge in [-0.15, -0.1) is 0 Å². The predicted molar refractivity (Wildman–Crippen MR) is 146 cm³/mol. The van der Waals surface area contributed by atoms with Gasteiger partial charge in [0.1, 0.15) is 12.4 Å². The van der Waals surface area contributed by atoms with Crippen molar-refractivity contribution in [1.82, 2.24) is 19.9 Å². The maximum atomic E-state index is 6.00. The Labute approximate surface area is 211 Å². The maximum absolute atomic E-state index is 6.00. The molecule has 6 nitrogen and oxygen atoms in total. The minimum Gasteiger partial charge on any atom is -0.489 e. The second-order valence-electron chi connectivity index (χ2n) is 9.37. The van der Waals surface area contributed by atoms with Gasteiger partial charge in [0.2, 0.25) is 5.95 Å². The highest BCUT2D eigenvalue weighted by Crippen LogP contribution is 2.29. The number of nitrogens with one attached hydrogen (secondary N) is 1. The lowest BCUT2D eigenvalue weighted by atomic mass is 10.00. The average Bonchev–Trinajstić information content (AvgIpc) is 2.93. The van der Waals surface area contributed by atoms with Crippen LogP contribution in [-0.4, -0.2) is 53.1 Å². The largest absolute Gasteiger partial charge is 0.489 e. The number of likely N-dealkylation sites (N-methyl/N-ethyl adjacent to an activating group) is 1. The van der Waals surface area contributed by atoms with Crippen LogP contribution in [-0.2, 0) is 6.61 Å². The molecule has 0 bridgehead atoms. The molecule has 6 heteroatoms. The fraction of sp³-hybridized carbons (Fsp3) is 0.200. The number of hydrazine groups is 1. The summed E-state index contributed by atoms with van der Waals surface area (Å²) >= 11 is 0. The Balaban J connectivity index is 1.18. The van der Waals surface area contributed by atoms with Gasteiger partial charge in [-0.25, -0.2) is 15.0 Å². The molecule has 1 fully saturated rings. The molecule has 0 radical (unpaired) electrons. The molecule has 0 saturated carbocycles. The Kier molecular flexibility index (Phi) is 6.20. The normalized spacial score (nSPS) is 14.8. The van der Waals surface area contributed by atoms with E-state index in [4.69, 9.17) is 9.72 Å². The lowest BCUT2D eigenvalue weighted by molar-refractivity contribution is 0.178. The van der Waals surface area contributed by atoms with Gasteiger partial charge >= 0.3 is 0 Å². The van der Waals surface area contributed by atoms with Gasteiger partial charge in [0.15, 0.2) is 0 Å². The van der Waals surface area contributed by atoms with Crippen LogP contribution in [0.5, 0.6) is 5.75 Å². The van der Waals surface area contributed by atoms with E-state index in [1.807, 2.05) is 30.5 Å². The molecule has 180 valence electrons. The molecule has 0 unspecified atom stereocenters. The highest BCUT2D eigenvalue weighted by atomic mass is 16.5. The third kappa shape index (κ3) is 5.00. The molecule has 0 spiro atoms. The molecule has 1 saturated heterocycles. The monoisotopic (exact) mass is 475 g/mol. The Morgan fingerprint density at radius 3 is 2.33 bits per heavy atom. The smallest absolute Gasteiger partial charge is 0.238 e. The molecule has 1 N–H and O–H groups in total. The first-order valence-corrected chi connectivity index (χ1v) is 12.4. The van der Waals surface area contributed by atoms with Crippen molar-refractivity contribution >= 4 is 27.6 Å². The standard InChI is InChI=1S/C30H29N5O/c1-34-13-15-35(16-14-34)33-30-31-20-27-18-25(10-12-29(27)32-30)23-7-8-26-19-28(11-9-24(26)17-23)36-21-22-5-3-2-4-6-22/h2-12,17-20H,13-16,21H2,1H3,(H,31,32,33). The second kappa shape index (κ2) is 9.93. The van der Waals surface area contributed by atoms with Crippen LogP contribution < -0.4 is 10.2 Å². The van der Waals surface area contributed by atoms with Crippen molar-refractivity contribution in [1.29, 1.82) is 0 Å². The Bertz CT molecular complexity index is 1500. The molecule has 0 amide bonds. The van der Waals surface area contributed by atoms with Crippen LogP contribution in [0.3, 0.4) is 0 Å². The van der Waals surface area contributed by atoms with Crippen molar-refractivity contribution in [2.75, 3.05) is 38.7 Å². The van der Waals surface area contributed by atoms with E-state index in [1.165, 1.54) is 10.9 Å². The molecule has 1 aliphatic heterocycles. The first-order valence-electron chi connectivity index (χ1n) is 12.4. The van der Waals surface area contributed by atoms with Crippen LogP contribution in [0.1, 0.15) is 5.56 Å². The molecule has 0 atom stereocenters. The van der Waals surface area contributed by atoms with E-state index in [9.17, 15) is 0 Å². The van der Waals surface area contributed by atoms with Gasteiger partial charge in [-0.05, 0) is 64.8 Å². The van der Waals surface area contributed by atoms with E-state index in [1.54, 1.807) is 0 Å². The van der Waals surface area contributed by atoms with Crippen LogP contribution in [0.2, 0.25) is 0 Å². The lowest BCUT2D eigenvalue weighted by Gasteiger charge is -2.32. The van der Waals surface area contributed by atoms with Gasteiger partial charge in [-0.1, -0.05) is 54.6 Å². The zero-order chi connectivity index (χ0) is 24.3. The highest BCUT2D eigenvalue weighted by molar-refractivity contribution is 5.90. The fourth-order valence-electron chi connectivity index (χ4n) is 4.56. The maximum Gasteiger partial charge on any atom is 0.238 e. The van der Waals surface area contributed by atoms with E-state index in [0.717, 1.165) is 59.3 Å². The number of hydrogen-bond donors (Lipinski definition) is 1. The molecule has 1 aromatic heterocycles. The van der Waals surface area contributed by atoms with Gasteiger partial charge in [0.05, 0.1) is 5.52 Å². The van der Waals surface area contributed by atoms with Crippen molar-refractivity contribution in [2.24, 2.45) is 0 Å². The van der Waals surface area contributed by atoms with E-state index >= 15 is 0 Å². The van der Waals surface area contributed by atoms with Gasteiger partial charge in [-0.3, -0.25) is 5.43 Å². The van der Waals surface area contributed by atoms with Crippen LogP contribution >= 0.6 is 0 Å². The number of hydrogen-bond acceptors (Lipinski definition) is 6. The third-order valence-corrected chi connectivity index (χ3v) is 6.73. The van der Waals surface area contributed by atoms with Crippen LogP contribution in [0.25, 0.3) is 32.8 Å². The summed E-state index contributed by atoms with van der Waals surface area (Å²) in [5, 5.41) is 5.56. The van der Waals surface area contributed by atoms with Crippen molar-refractivity contribution in [3.8, 4) is 16.9 Å². The summed E-state index contributed by atoms with van der Waals surface area (Å²) in [6, 6.07) is 29.4. The van der Waals surface area contributed by atoms with Gasteiger partial charge in [0, 0.05) is 37.8 Å². The zero-order valence-corrected chi connectivity index (χ0v) is 20.4. The molecule has 5 aromatic rings. The number of benzene rings is 4. The molecule has 36 heavy (non-hydrogen) atoms. The number of nitrogens with zero attached hydrogens (tertiary/aromatic N) is 4. The van der Waals surface area contributed by atoms with E-state index in [-0.39, 0.29) is 0 Å². The number of rotatable bonds is 6. The summed E-state index contributed by atoms with van der Waals surface area (Å²) < 4.78 is 6.00. The quantitative estimate of drug-likeness (QED) is 0.345. The SMILES string of the molecule is CN1CCN(Nc2ncc3cc(-c4ccc5cc(OCc6ccccc6)ccc5c4)ccc3n2)CC1.